The lowest BCUT2D eigenvalue weighted by molar-refractivity contribution is -0.119. The Hall–Kier alpha value is -2.88. The van der Waals surface area contributed by atoms with E-state index in [1.807, 2.05) is 54.6 Å². The van der Waals surface area contributed by atoms with Crippen molar-refractivity contribution in [2.24, 2.45) is 10.9 Å². The van der Waals surface area contributed by atoms with Crippen LogP contribution in [0.2, 0.25) is 0 Å². The van der Waals surface area contributed by atoms with Gasteiger partial charge in [0.05, 0.1) is 17.5 Å². The van der Waals surface area contributed by atoms with Crippen molar-refractivity contribution in [3.63, 3.8) is 0 Å². The lowest BCUT2D eigenvalue weighted by atomic mass is 9.74. The number of rotatable bonds is 6. The quantitative estimate of drug-likeness (QED) is 0.782. The molecule has 0 bridgehead atoms. The predicted octanol–water partition coefficient (Wildman–Crippen LogP) is 2.91. The van der Waals surface area contributed by atoms with Gasteiger partial charge in [0.25, 0.3) is 0 Å². The minimum Gasteiger partial charge on any atom is -0.319 e. The molecule has 0 radical (unpaired) electrons. The number of nitriles is 1. The van der Waals surface area contributed by atoms with Gasteiger partial charge >= 0.3 is 5.91 Å². The highest BCUT2D eigenvalue weighted by Gasteiger charge is 2.36. The largest absolute Gasteiger partial charge is 0.319 e. The summed E-state index contributed by atoms with van der Waals surface area (Å²) in [6.07, 6.45) is 1.90. The molecule has 1 amide bonds. The normalized spacial score (nSPS) is 17.4. The van der Waals surface area contributed by atoms with E-state index in [1.165, 1.54) is 0 Å². The Labute approximate surface area is 164 Å². The van der Waals surface area contributed by atoms with E-state index in [-0.39, 0.29) is 0 Å². The number of carbonyl (C=O) groups excluding carboxylic acids is 1. The van der Waals surface area contributed by atoms with Gasteiger partial charge in [-0.3, -0.25) is 9.69 Å². The second-order valence-corrected chi connectivity index (χ2v) is 7.40. The van der Waals surface area contributed by atoms with Crippen LogP contribution < -0.4 is 5.73 Å². The van der Waals surface area contributed by atoms with Crippen molar-refractivity contribution >= 4 is 5.91 Å². The minimum atomic E-state index is -0.898. The van der Waals surface area contributed by atoms with E-state index in [0.29, 0.717) is 6.42 Å². The van der Waals surface area contributed by atoms with Crippen molar-refractivity contribution in [3.8, 4) is 6.07 Å². The first-order chi connectivity index (χ1) is 13.6. The van der Waals surface area contributed by atoms with Gasteiger partial charge in [0.2, 0.25) is 0 Å². The minimum absolute atomic E-state index is 0.296. The van der Waals surface area contributed by atoms with Crippen LogP contribution in [0.3, 0.4) is 0 Å². The molecule has 1 heterocycles. The summed E-state index contributed by atoms with van der Waals surface area (Å²) in [5.41, 5.74) is 8.44. The highest BCUT2D eigenvalue weighted by Crippen LogP contribution is 2.35. The summed E-state index contributed by atoms with van der Waals surface area (Å²) in [6.45, 7) is 2.47. The fourth-order valence-electron chi connectivity index (χ4n) is 3.84. The van der Waals surface area contributed by atoms with Gasteiger partial charge in [-0.15, -0.1) is 4.91 Å². The lowest BCUT2D eigenvalue weighted by Crippen LogP contribution is -2.41. The van der Waals surface area contributed by atoms with Crippen molar-refractivity contribution in [3.05, 3.63) is 76.2 Å². The van der Waals surface area contributed by atoms with E-state index >= 15 is 0 Å². The zero-order valence-electron chi connectivity index (χ0n) is 15.8. The number of carbonyl (C=O) groups is 1. The van der Waals surface area contributed by atoms with Crippen LogP contribution in [0.5, 0.6) is 0 Å². The third-order valence-electron chi connectivity index (χ3n) is 5.51. The Morgan fingerprint density at radius 2 is 1.82 bits per heavy atom. The summed E-state index contributed by atoms with van der Waals surface area (Å²) in [7, 11) is 0. The topological polar surface area (TPSA) is 99.6 Å². The third kappa shape index (κ3) is 4.50. The second kappa shape index (κ2) is 8.87. The Kier molecular flexibility index (Phi) is 6.30. The number of hydrogen-bond donors (Lipinski definition) is 1. The van der Waals surface area contributed by atoms with E-state index in [2.05, 4.69) is 16.1 Å². The SMILES string of the molecule is N#CC1(c2ccccc2)CCN(Cc2cccc(CC(N)C(=O)N=O)c2)CC1. The Morgan fingerprint density at radius 3 is 2.46 bits per heavy atom. The molecular formula is C22H24N4O2. The molecule has 0 aromatic heterocycles. The van der Waals surface area contributed by atoms with Gasteiger partial charge in [0.15, 0.2) is 0 Å². The van der Waals surface area contributed by atoms with Crippen molar-refractivity contribution in [1.82, 2.24) is 4.90 Å². The van der Waals surface area contributed by atoms with Crippen LogP contribution in [0.15, 0.2) is 59.8 Å². The van der Waals surface area contributed by atoms with E-state index in [0.717, 1.165) is 49.2 Å². The molecule has 2 aromatic carbocycles. The van der Waals surface area contributed by atoms with E-state index in [4.69, 9.17) is 5.73 Å². The van der Waals surface area contributed by atoms with E-state index in [9.17, 15) is 15.0 Å². The number of benzene rings is 2. The van der Waals surface area contributed by atoms with Gasteiger partial charge in [0, 0.05) is 24.8 Å². The number of nitrogens with zero attached hydrogens (tertiary/aromatic N) is 3. The summed E-state index contributed by atoms with van der Waals surface area (Å²) < 4.78 is 0. The maximum absolute atomic E-state index is 11.3. The van der Waals surface area contributed by atoms with Crippen molar-refractivity contribution in [1.29, 1.82) is 5.26 Å². The highest BCUT2D eigenvalue weighted by atomic mass is 16.3. The van der Waals surface area contributed by atoms with Gasteiger partial charge < -0.3 is 5.73 Å². The Morgan fingerprint density at radius 1 is 1.14 bits per heavy atom. The number of amides is 1. The second-order valence-electron chi connectivity index (χ2n) is 7.40. The van der Waals surface area contributed by atoms with Crippen LogP contribution in [0.1, 0.15) is 29.5 Å². The van der Waals surface area contributed by atoms with Gasteiger partial charge in [0.1, 0.15) is 0 Å². The van der Waals surface area contributed by atoms with Crippen molar-refractivity contribution in [2.45, 2.75) is 37.3 Å². The maximum Gasteiger partial charge on any atom is 0.303 e. The smallest absolute Gasteiger partial charge is 0.303 e. The molecule has 1 aliphatic heterocycles. The lowest BCUT2D eigenvalue weighted by Gasteiger charge is -2.37. The summed E-state index contributed by atoms with van der Waals surface area (Å²) in [6, 6.07) is 19.6. The molecule has 1 saturated heterocycles. The molecule has 6 heteroatoms. The molecule has 0 saturated carbocycles. The molecule has 28 heavy (non-hydrogen) atoms. The third-order valence-corrected chi connectivity index (χ3v) is 5.51. The van der Waals surface area contributed by atoms with E-state index < -0.39 is 17.4 Å². The highest BCUT2D eigenvalue weighted by molar-refractivity contribution is 5.82. The number of piperidine rings is 1. The van der Waals surface area contributed by atoms with Gasteiger partial charge in [-0.2, -0.15) is 5.26 Å². The first kappa shape index (κ1) is 19.9. The zero-order chi connectivity index (χ0) is 20.0. The molecular weight excluding hydrogens is 352 g/mol. The maximum atomic E-state index is 11.3. The molecule has 144 valence electrons. The zero-order valence-corrected chi connectivity index (χ0v) is 15.8. The summed E-state index contributed by atoms with van der Waals surface area (Å²) >= 11 is 0. The number of nitroso groups, excluding NO2 is 1. The average Bonchev–Trinajstić information content (AvgIpc) is 2.74. The van der Waals surface area contributed by atoms with Gasteiger partial charge in [-0.25, -0.2) is 0 Å². The fourth-order valence-corrected chi connectivity index (χ4v) is 3.84. The predicted molar refractivity (Wildman–Crippen MR) is 107 cm³/mol. The summed E-state index contributed by atoms with van der Waals surface area (Å²) in [5, 5.41) is 12.2. The Balaban J connectivity index is 1.62. The summed E-state index contributed by atoms with van der Waals surface area (Å²) in [4.78, 5) is 24.0. The van der Waals surface area contributed by atoms with Gasteiger partial charge in [-0.05, 0) is 36.0 Å². The van der Waals surface area contributed by atoms with E-state index in [1.54, 1.807) is 0 Å². The molecule has 3 rings (SSSR count). The molecule has 2 N–H and O–H groups in total. The Bertz CT molecular complexity index is 868. The van der Waals surface area contributed by atoms with Gasteiger partial charge in [-0.1, -0.05) is 54.6 Å². The molecule has 0 aliphatic carbocycles. The standard InChI is InChI=1S/C22H24N4O2/c23-16-22(19-7-2-1-3-8-19)9-11-26(12-10-22)15-18-6-4-5-17(13-18)14-20(24)21(27)25-28/h1-8,13,20H,9-12,14-15,24H2. The molecule has 2 aromatic rings. The van der Waals surface area contributed by atoms with Crippen LogP contribution in [0, 0.1) is 16.2 Å². The fraction of sp³-hybridized carbons (Fsp3) is 0.364. The molecule has 0 spiro atoms. The number of hydrogen-bond acceptors (Lipinski definition) is 5. The number of nitrogens with two attached hydrogens (primary N) is 1. The number of likely N-dealkylation sites (tertiary alicyclic amines) is 1. The van der Waals surface area contributed by atoms with Crippen molar-refractivity contribution in [2.75, 3.05) is 13.1 Å². The van der Waals surface area contributed by atoms with Crippen molar-refractivity contribution < 1.29 is 4.79 Å². The molecule has 1 unspecified atom stereocenters. The van der Waals surface area contributed by atoms with Crippen LogP contribution >= 0.6 is 0 Å². The molecule has 1 aliphatic rings. The molecule has 6 nitrogen and oxygen atoms in total. The monoisotopic (exact) mass is 376 g/mol. The van der Waals surface area contributed by atoms with Crippen LogP contribution in [0.25, 0.3) is 0 Å². The first-order valence-electron chi connectivity index (χ1n) is 9.46. The van der Waals surface area contributed by atoms with Crippen LogP contribution in [0.4, 0.5) is 0 Å². The first-order valence-corrected chi connectivity index (χ1v) is 9.46. The molecule has 1 fully saturated rings. The average molecular weight is 376 g/mol. The van der Waals surface area contributed by atoms with Crippen LogP contribution in [-0.2, 0) is 23.2 Å². The molecule has 1 atom stereocenters. The summed E-state index contributed by atoms with van der Waals surface area (Å²) in [5.74, 6) is -0.824. The van der Waals surface area contributed by atoms with Crippen LogP contribution in [-0.4, -0.2) is 29.9 Å².